The van der Waals surface area contributed by atoms with E-state index >= 15 is 0 Å². The number of ether oxygens (including phenoxy) is 2. The van der Waals surface area contributed by atoms with Crippen molar-refractivity contribution >= 4 is 23.9 Å². The first-order chi connectivity index (χ1) is 14.1. The lowest BCUT2D eigenvalue weighted by molar-refractivity contribution is -0.147. The van der Waals surface area contributed by atoms with Gasteiger partial charge in [0.15, 0.2) is 0 Å². The van der Waals surface area contributed by atoms with Crippen molar-refractivity contribution in [3.05, 3.63) is 35.9 Å². The molecule has 0 unspecified atom stereocenters. The Morgan fingerprint density at radius 3 is 2.13 bits per heavy atom. The molecule has 0 aliphatic heterocycles. The Balaban J connectivity index is 2.72. The van der Waals surface area contributed by atoms with Crippen molar-refractivity contribution in [2.24, 2.45) is 11.8 Å². The highest BCUT2D eigenvalue weighted by Gasteiger charge is 2.33. The van der Waals surface area contributed by atoms with Crippen molar-refractivity contribution in [2.45, 2.75) is 52.8 Å². The lowest BCUT2D eigenvalue weighted by Crippen LogP contribution is -2.55. The number of benzene rings is 1. The number of hydrogen-bond acceptors (Lipinski definition) is 6. The maximum atomic E-state index is 12.7. The van der Waals surface area contributed by atoms with Gasteiger partial charge >= 0.3 is 18.0 Å². The molecule has 9 nitrogen and oxygen atoms in total. The summed E-state index contributed by atoms with van der Waals surface area (Å²) in [6.45, 7) is 6.81. The molecule has 0 aromatic heterocycles. The molecule has 166 valence electrons. The number of carboxylic acid groups (broad SMARTS) is 1. The third kappa shape index (κ3) is 8.50. The number of rotatable bonds is 11. The third-order valence-corrected chi connectivity index (χ3v) is 4.36. The molecule has 0 bridgehead atoms. The van der Waals surface area contributed by atoms with Gasteiger partial charge in [-0.1, -0.05) is 51.1 Å². The Kier molecular flexibility index (Phi) is 10.4. The molecule has 0 radical (unpaired) electrons. The predicted molar refractivity (Wildman–Crippen MR) is 108 cm³/mol. The number of carboxylic acids is 1. The number of carbonyl (C=O) groups is 4. The average Bonchev–Trinajstić information content (AvgIpc) is 2.68. The lowest BCUT2D eigenvalue weighted by atomic mass is 9.96. The van der Waals surface area contributed by atoms with Crippen LogP contribution in [0, 0.1) is 11.8 Å². The molecule has 0 heterocycles. The highest BCUT2D eigenvalue weighted by Crippen LogP contribution is 2.12. The van der Waals surface area contributed by atoms with E-state index in [1.165, 1.54) is 6.92 Å². The number of alkyl carbamates (subject to hydrolysis) is 1. The number of amides is 2. The van der Waals surface area contributed by atoms with E-state index in [1.54, 1.807) is 32.9 Å². The van der Waals surface area contributed by atoms with Crippen LogP contribution < -0.4 is 10.6 Å². The summed E-state index contributed by atoms with van der Waals surface area (Å²) in [5.74, 6) is -3.54. The molecular formula is C21H30N2O7. The van der Waals surface area contributed by atoms with E-state index in [0.717, 1.165) is 5.56 Å². The maximum Gasteiger partial charge on any atom is 0.408 e. The fraction of sp³-hybridized carbons (Fsp3) is 0.524. The maximum absolute atomic E-state index is 12.7. The zero-order valence-electron chi connectivity index (χ0n) is 17.7. The van der Waals surface area contributed by atoms with Gasteiger partial charge in [-0.05, 0) is 24.3 Å². The lowest BCUT2D eigenvalue weighted by Gasteiger charge is -2.26. The van der Waals surface area contributed by atoms with Crippen molar-refractivity contribution in [3.63, 3.8) is 0 Å². The van der Waals surface area contributed by atoms with Crippen molar-refractivity contribution < 1.29 is 33.8 Å². The van der Waals surface area contributed by atoms with Gasteiger partial charge in [-0.2, -0.15) is 0 Å². The molecule has 3 N–H and O–H groups in total. The zero-order valence-corrected chi connectivity index (χ0v) is 17.7. The fourth-order valence-corrected chi connectivity index (χ4v) is 2.72. The van der Waals surface area contributed by atoms with Crippen LogP contribution >= 0.6 is 0 Å². The summed E-state index contributed by atoms with van der Waals surface area (Å²) in [6.07, 6.45) is -0.955. The van der Waals surface area contributed by atoms with Gasteiger partial charge in [-0.25, -0.2) is 9.59 Å². The van der Waals surface area contributed by atoms with Crippen LogP contribution in [-0.4, -0.2) is 47.7 Å². The number of aliphatic carboxylic acids is 1. The number of hydrogen-bond donors (Lipinski definition) is 3. The molecule has 1 aromatic carbocycles. The van der Waals surface area contributed by atoms with Crippen molar-refractivity contribution in [2.75, 3.05) is 6.61 Å². The van der Waals surface area contributed by atoms with E-state index in [9.17, 15) is 24.3 Å². The molecule has 1 rings (SSSR count). The minimum atomic E-state index is -1.31. The summed E-state index contributed by atoms with van der Waals surface area (Å²) >= 11 is 0. The first-order valence-corrected chi connectivity index (χ1v) is 9.81. The molecule has 30 heavy (non-hydrogen) atoms. The van der Waals surface area contributed by atoms with Crippen LogP contribution in [0.1, 0.15) is 39.7 Å². The van der Waals surface area contributed by atoms with Crippen molar-refractivity contribution in [3.8, 4) is 0 Å². The van der Waals surface area contributed by atoms with Crippen LogP contribution in [-0.2, 0) is 30.5 Å². The molecule has 2 amide bonds. The van der Waals surface area contributed by atoms with Gasteiger partial charge in [0.25, 0.3) is 0 Å². The summed E-state index contributed by atoms with van der Waals surface area (Å²) < 4.78 is 9.96. The first-order valence-electron chi connectivity index (χ1n) is 9.81. The van der Waals surface area contributed by atoms with Gasteiger partial charge in [0, 0.05) is 0 Å². The zero-order chi connectivity index (χ0) is 22.7. The summed E-state index contributed by atoms with van der Waals surface area (Å²) in [7, 11) is 0. The molecule has 0 spiro atoms. The largest absolute Gasteiger partial charge is 0.480 e. The van der Waals surface area contributed by atoms with Crippen LogP contribution in [0.5, 0.6) is 0 Å². The van der Waals surface area contributed by atoms with E-state index in [1.807, 2.05) is 18.2 Å². The van der Waals surface area contributed by atoms with E-state index in [0.29, 0.717) is 0 Å². The number of carbonyl (C=O) groups excluding carboxylic acids is 3. The van der Waals surface area contributed by atoms with Gasteiger partial charge in [0.2, 0.25) is 5.91 Å². The molecule has 1 aromatic rings. The van der Waals surface area contributed by atoms with Crippen LogP contribution in [0.25, 0.3) is 0 Å². The Hall–Kier alpha value is -3.10. The van der Waals surface area contributed by atoms with E-state index in [4.69, 9.17) is 9.47 Å². The summed E-state index contributed by atoms with van der Waals surface area (Å²) in [5.41, 5.74) is 0.789. The van der Waals surface area contributed by atoms with Crippen LogP contribution in [0.3, 0.4) is 0 Å². The van der Waals surface area contributed by atoms with Crippen LogP contribution in [0.4, 0.5) is 4.79 Å². The predicted octanol–water partition coefficient (Wildman–Crippen LogP) is 2.10. The second-order valence-corrected chi connectivity index (χ2v) is 7.24. The Labute approximate surface area is 176 Å². The molecule has 9 heteroatoms. The molecule has 0 saturated heterocycles. The van der Waals surface area contributed by atoms with E-state index in [-0.39, 0.29) is 25.6 Å². The summed E-state index contributed by atoms with van der Waals surface area (Å²) in [4.78, 5) is 48.0. The smallest absolute Gasteiger partial charge is 0.408 e. The normalized spacial score (nSPS) is 13.6. The van der Waals surface area contributed by atoms with Gasteiger partial charge < -0.3 is 25.2 Å². The topological polar surface area (TPSA) is 131 Å². The summed E-state index contributed by atoms with van der Waals surface area (Å²) in [6, 6.07) is 6.72. The second-order valence-electron chi connectivity index (χ2n) is 7.24. The van der Waals surface area contributed by atoms with Crippen molar-refractivity contribution in [1.29, 1.82) is 0 Å². The van der Waals surface area contributed by atoms with Crippen molar-refractivity contribution in [1.82, 2.24) is 10.6 Å². The van der Waals surface area contributed by atoms with E-state index in [2.05, 4.69) is 10.6 Å². The number of nitrogens with one attached hydrogen (secondary N) is 2. The van der Waals surface area contributed by atoms with Gasteiger partial charge in [0.05, 0.1) is 13.0 Å². The Morgan fingerprint density at radius 1 is 0.967 bits per heavy atom. The summed E-state index contributed by atoms with van der Waals surface area (Å²) in [5, 5.41) is 14.3. The highest BCUT2D eigenvalue weighted by molar-refractivity contribution is 5.89. The monoisotopic (exact) mass is 422 g/mol. The minimum Gasteiger partial charge on any atom is -0.480 e. The second kappa shape index (κ2) is 12.5. The SMILES string of the molecule is CCOC(=O)C[C@H](C)[C@H](NC(=O)[C@@H](NC(=O)OCc1ccccc1)C(C)C)C(=O)O. The third-order valence-electron chi connectivity index (χ3n) is 4.36. The minimum absolute atomic E-state index is 0.0352. The van der Waals surface area contributed by atoms with E-state index < -0.39 is 41.9 Å². The standard InChI is InChI=1S/C21H30N2O7/c1-5-29-16(24)11-14(4)18(20(26)27)22-19(25)17(13(2)3)23-21(28)30-12-15-9-7-6-8-10-15/h6-10,13-14,17-18H,5,11-12H2,1-4H3,(H,22,25)(H,23,28)(H,26,27)/t14-,17-,18-/m0/s1. The van der Waals surface area contributed by atoms with Crippen LogP contribution in [0.15, 0.2) is 30.3 Å². The van der Waals surface area contributed by atoms with Gasteiger partial charge in [0.1, 0.15) is 18.7 Å². The molecule has 0 aliphatic rings. The molecule has 3 atom stereocenters. The van der Waals surface area contributed by atoms with Gasteiger partial charge in [-0.3, -0.25) is 9.59 Å². The quantitative estimate of drug-likeness (QED) is 0.465. The van der Waals surface area contributed by atoms with Crippen LogP contribution in [0.2, 0.25) is 0 Å². The fourth-order valence-electron chi connectivity index (χ4n) is 2.72. The molecule has 0 fully saturated rings. The Morgan fingerprint density at radius 2 is 1.60 bits per heavy atom. The molecule has 0 saturated carbocycles. The molecule has 0 aliphatic carbocycles. The first kappa shape index (κ1) is 24.9. The average molecular weight is 422 g/mol. The number of esters is 1. The Bertz CT molecular complexity index is 721. The van der Waals surface area contributed by atoms with Gasteiger partial charge in [-0.15, -0.1) is 0 Å². The highest BCUT2D eigenvalue weighted by atomic mass is 16.5. The molecular weight excluding hydrogens is 392 g/mol.